The van der Waals surface area contributed by atoms with Gasteiger partial charge in [-0.1, -0.05) is 19.8 Å². The Morgan fingerprint density at radius 2 is 2.09 bits per heavy atom. The zero-order chi connectivity index (χ0) is 15.8. The van der Waals surface area contributed by atoms with Crippen molar-refractivity contribution in [3.8, 4) is 0 Å². The third-order valence-electron chi connectivity index (χ3n) is 6.06. The number of carbonyl (C=O) groups excluding carboxylic acids is 1. The van der Waals surface area contributed by atoms with Crippen molar-refractivity contribution < 1.29 is 4.79 Å². The molecule has 2 saturated heterocycles. The van der Waals surface area contributed by atoms with E-state index in [2.05, 4.69) is 21.7 Å². The average molecular weight is 334 g/mol. The summed E-state index contributed by atoms with van der Waals surface area (Å²) in [6.07, 6.45) is 8.57. The maximum Gasteiger partial charge on any atom is 0.266 e. The van der Waals surface area contributed by atoms with Crippen molar-refractivity contribution in [2.45, 2.75) is 69.9 Å². The van der Waals surface area contributed by atoms with Crippen molar-refractivity contribution >= 4 is 17.2 Å². The Balaban J connectivity index is 1.57. The van der Waals surface area contributed by atoms with Gasteiger partial charge in [0.1, 0.15) is 4.88 Å². The highest BCUT2D eigenvalue weighted by Crippen LogP contribution is 2.37. The number of fused-ring (bicyclic) bond motifs is 1. The van der Waals surface area contributed by atoms with Crippen LogP contribution in [0.3, 0.4) is 0 Å². The maximum absolute atomic E-state index is 13.3. The summed E-state index contributed by atoms with van der Waals surface area (Å²) in [7, 11) is 0. The quantitative estimate of drug-likeness (QED) is 0.849. The first kappa shape index (κ1) is 15.6. The Morgan fingerprint density at radius 3 is 2.87 bits per heavy atom. The summed E-state index contributed by atoms with van der Waals surface area (Å²) in [6, 6.07) is 0.958. The molecule has 5 heteroatoms. The van der Waals surface area contributed by atoms with Gasteiger partial charge >= 0.3 is 0 Å². The van der Waals surface area contributed by atoms with Crippen LogP contribution in [0.5, 0.6) is 0 Å². The Hall–Kier alpha value is -0.940. The highest BCUT2D eigenvalue weighted by Gasteiger charge is 2.39. The molecule has 0 unspecified atom stereocenters. The minimum absolute atomic E-state index is 0.257. The van der Waals surface area contributed by atoms with Crippen LogP contribution in [-0.2, 0) is 0 Å². The summed E-state index contributed by atoms with van der Waals surface area (Å²) in [6.45, 7) is 5.41. The highest BCUT2D eigenvalue weighted by molar-refractivity contribution is 7.11. The van der Waals surface area contributed by atoms with Crippen LogP contribution >= 0.6 is 11.3 Å². The molecule has 1 aliphatic carbocycles. The topological polar surface area (TPSA) is 36.4 Å². The van der Waals surface area contributed by atoms with Gasteiger partial charge in [-0.2, -0.15) is 0 Å². The molecule has 3 heterocycles. The summed E-state index contributed by atoms with van der Waals surface area (Å²) in [5, 5.41) is 0. The van der Waals surface area contributed by atoms with Gasteiger partial charge in [0, 0.05) is 31.1 Å². The molecule has 0 spiro atoms. The summed E-state index contributed by atoms with van der Waals surface area (Å²) in [5.41, 5.74) is 2.98. The van der Waals surface area contributed by atoms with Gasteiger partial charge in [-0.15, -0.1) is 11.3 Å². The predicted molar refractivity (Wildman–Crippen MR) is 93.0 cm³/mol. The molecule has 3 aliphatic rings. The minimum atomic E-state index is 0.257. The lowest BCUT2D eigenvalue weighted by Crippen LogP contribution is -2.57. The van der Waals surface area contributed by atoms with E-state index in [0.717, 1.165) is 30.1 Å². The molecule has 2 aliphatic heterocycles. The molecule has 0 aromatic carbocycles. The number of hydrogen-bond donors (Lipinski definition) is 0. The Morgan fingerprint density at radius 1 is 1.26 bits per heavy atom. The second-order valence-corrected chi connectivity index (χ2v) is 8.21. The van der Waals surface area contributed by atoms with Gasteiger partial charge in [0.2, 0.25) is 0 Å². The smallest absolute Gasteiger partial charge is 0.266 e. The normalized spacial score (nSPS) is 29.2. The number of amides is 1. The van der Waals surface area contributed by atoms with Crippen LogP contribution in [0, 0.1) is 0 Å². The fourth-order valence-electron chi connectivity index (χ4n) is 4.72. The summed E-state index contributed by atoms with van der Waals surface area (Å²) < 4.78 is 0. The number of piperazine rings is 1. The average Bonchev–Trinajstić information content (AvgIpc) is 3.32. The molecule has 4 nitrogen and oxygen atoms in total. The van der Waals surface area contributed by atoms with E-state index in [1.165, 1.54) is 45.1 Å². The molecular formula is C18H27N3OS. The number of aromatic nitrogens is 1. The number of rotatable bonds is 3. The lowest BCUT2D eigenvalue weighted by atomic mass is 10.0. The van der Waals surface area contributed by atoms with E-state index in [9.17, 15) is 4.79 Å². The first-order valence-corrected chi connectivity index (χ1v) is 10.1. The molecule has 1 saturated carbocycles. The fraction of sp³-hybridized carbons (Fsp3) is 0.778. The molecule has 4 rings (SSSR count). The van der Waals surface area contributed by atoms with Crippen LogP contribution in [0.1, 0.15) is 73.2 Å². The maximum atomic E-state index is 13.3. The Bertz CT molecular complexity index is 566. The van der Waals surface area contributed by atoms with Crippen molar-refractivity contribution in [2.24, 2.45) is 0 Å². The van der Waals surface area contributed by atoms with Crippen molar-refractivity contribution in [3.05, 3.63) is 16.1 Å². The molecule has 0 N–H and O–H groups in total. The van der Waals surface area contributed by atoms with Gasteiger partial charge in [0.05, 0.1) is 11.2 Å². The van der Waals surface area contributed by atoms with Gasteiger partial charge in [-0.3, -0.25) is 9.69 Å². The van der Waals surface area contributed by atoms with Crippen LogP contribution in [0.4, 0.5) is 0 Å². The number of nitrogens with zero attached hydrogens (tertiary/aromatic N) is 3. The standard InChI is InChI=1S/C18H27N3OS/c1-2-14-10-20-9-5-8-15(20)11-21(14)18(22)17-16(19-12-23-17)13-6-3-4-7-13/h12-15H,2-11H2,1H3/t14-,15-/m0/s1. The molecule has 126 valence electrons. The first-order chi connectivity index (χ1) is 11.3. The van der Waals surface area contributed by atoms with E-state index in [1.54, 1.807) is 11.3 Å². The summed E-state index contributed by atoms with van der Waals surface area (Å²) in [5.74, 6) is 0.779. The third-order valence-corrected chi connectivity index (χ3v) is 6.89. The van der Waals surface area contributed by atoms with Gasteiger partial charge in [0.15, 0.2) is 0 Å². The molecule has 1 aromatic rings. The predicted octanol–water partition coefficient (Wildman–Crippen LogP) is 3.50. The van der Waals surface area contributed by atoms with E-state index in [0.29, 0.717) is 18.0 Å². The second kappa shape index (κ2) is 6.52. The van der Waals surface area contributed by atoms with Crippen LogP contribution in [-0.4, -0.2) is 52.4 Å². The molecule has 3 fully saturated rings. The number of carbonyl (C=O) groups is 1. The zero-order valence-electron chi connectivity index (χ0n) is 14.0. The van der Waals surface area contributed by atoms with Crippen LogP contribution < -0.4 is 0 Å². The summed E-state index contributed by atoms with van der Waals surface area (Å²) >= 11 is 1.56. The van der Waals surface area contributed by atoms with Crippen LogP contribution in [0.2, 0.25) is 0 Å². The molecule has 23 heavy (non-hydrogen) atoms. The molecule has 0 bridgehead atoms. The van der Waals surface area contributed by atoms with Gasteiger partial charge in [0.25, 0.3) is 5.91 Å². The van der Waals surface area contributed by atoms with Crippen molar-refractivity contribution in [1.82, 2.24) is 14.8 Å². The first-order valence-electron chi connectivity index (χ1n) is 9.26. The van der Waals surface area contributed by atoms with Crippen molar-refractivity contribution in [2.75, 3.05) is 19.6 Å². The fourth-order valence-corrected chi connectivity index (χ4v) is 5.55. The van der Waals surface area contributed by atoms with E-state index in [4.69, 9.17) is 0 Å². The largest absolute Gasteiger partial charge is 0.332 e. The van der Waals surface area contributed by atoms with Gasteiger partial charge < -0.3 is 4.90 Å². The SMILES string of the molecule is CC[C@H]1CN2CCC[C@H]2CN1C(=O)c1scnc1C1CCCC1. The molecule has 2 atom stereocenters. The van der Waals surface area contributed by atoms with E-state index in [1.807, 2.05) is 5.51 Å². The van der Waals surface area contributed by atoms with Crippen LogP contribution in [0.15, 0.2) is 5.51 Å². The Labute approximate surface area is 142 Å². The van der Waals surface area contributed by atoms with Gasteiger partial charge in [-0.05, 0) is 38.6 Å². The molecule has 1 aromatic heterocycles. The minimum Gasteiger partial charge on any atom is -0.332 e. The molecule has 1 amide bonds. The second-order valence-electron chi connectivity index (χ2n) is 7.36. The number of hydrogen-bond acceptors (Lipinski definition) is 4. The van der Waals surface area contributed by atoms with Crippen molar-refractivity contribution in [1.29, 1.82) is 0 Å². The molecular weight excluding hydrogens is 306 g/mol. The third kappa shape index (κ3) is 2.82. The lowest BCUT2D eigenvalue weighted by Gasteiger charge is -2.43. The molecule has 0 radical (unpaired) electrons. The van der Waals surface area contributed by atoms with E-state index < -0.39 is 0 Å². The highest BCUT2D eigenvalue weighted by atomic mass is 32.1. The van der Waals surface area contributed by atoms with Crippen molar-refractivity contribution in [3.63, 3.8) is 0 Å². The monoisotopic (exact) mass is 333 g/mol. The van der Waals surface area contributed by atoms with Gasteiger partial charge in [-0.25, -0.2) is 4.98 Å². The Kier molecular flexibility index (Phi) is 4.41. The van der Waals surface area contributed by atoms with E-state index in [-0.39, 0.29) is 5.91 Å². The van der Waals surface area contributed by atoms with E-state index >= 15 is 0 Å². The number of thiazole rings is 1. The zero-order valence-corrected chi connectivity index (χ0v) is 14.9. The van der Waals surface area contributed by atoms with Crippen LogP contribution in [0.25, 0.3) is 0 Å². The lowest BCUT2D eigenvalue weighted by molar-refractivity contribution is 0.0348. The summed E-state index contributed by atoms with van der Waals surface area (Å²) in [4.78, 5) is 23.6.